The van der Waals surface area contributed by atoms with Gasteiger partial charge in [-0.15, -0.1) is 11.6 Å². The van der Waals surface area contributed by atoms with Crippen molar-refractivity contribution >= 4 is 17.3 Å². The molecule has 0 saturated heterocycles. The summed E-state index contributed by atoms with van der Waals surface area (Å²) >= 11 is 5.66. The lowest BCUT2D eigenvalue weighted by Crippen LogP contribution is -2.05. The van der Waals surface area contributed by atoms with Gasteiger partial charge in [-0.25, -0.2) is 0 Å². The zero-order valence-electron chi connectivity index (χ0n) is 11.7. The van der Waals surface area contributed by atoms with E-state index in [4.69, 9.17) is 16.3 Å². The maximum atomic E-state index is 11.1. The van der Waals surface area contributed by atoms with Crippen LogP contribution in [0, 0.1) is 24.0 Å². The van der Waals surface area contributed by atoms with Gasteiger partial charge in [0.2, 0.25) is 0 Å². The topological polar surface area (TPSA) is 78.2 Å². The van der Waals surface area contributed by atoms with Crippen LogP contribution in [0.15, 0.2) is 24.5 Å². The summed E-state index contributed by atoms with van der Waals surface area (Å²) in [6, 6.07) is 3.52. The van der Waals surface area contributed by atoms with E-state index >= 15 is 0 Å². The second kappa shape index (κ2) is 6.49. The number of ether oxygens (including phenoxy) is 1. The molecule has 6 nitrogen and oxygen atoms in total. The van der Waals surface area contributed by atoms with Crippen LogP contribution in [-0.2, 0) is 12.5 Å². The zero-order valence-corrected chi connectivity index (χ0v) is 12.4. The zero-order chi connectivity index (χ0) is 15.4. The van der Waals surface area contributed by atoms with Crippen molar-refractivity contribution < 1.29 is 9.66 Å². The molecule has 0 aliphatic carbocycles. The molecule has 0 unspecified atom stereocenters. The molecule has 2 rings (SSSR count). The molecule has 2 aromatic heterocycles. The second-order valence-corrected chi connectivity index (χ2v) is 4.79. The van der Waals surface area contributed by atoms with Crippen molar-refractivity contribution in [3.63, 3.8) is 0 Å². The van der Waals surface area contributed by atoms with Crippen molar-refractivity contribution in [1.29, 1.82) is 0 Å². The highest BCUT2D eigenvalue weighted by Crippen LogP contribution is 2.24. The quantitative estimate of drug-likeness (QED) is 0.481. The van der Waals surface area contributed by atoms with E-state index in [0.717, 1.165) is 5.69 Å². The molecule has 2 heterocycles. The first-order valence-corrected chi connectivity index (χ1v) is 6.79. The van der Waals surface area contributed by atoms with Gasteiger partial charge >= 0.3 is 0 Å². The van der Waals surface area contributed by atoms with Crippen LogP contribution in [0.5, 0.6) is 5.75 Å². The van der Waals surface area contributed by atoms with Gasteiger partial charge in [-0.1, -0.05) is 0 Å². The highest BCUT2D eigenvalue weighted by atomic mass is 35.5. The van der Waals surface area contributed by atoms with Gasteiger partial charge in [-0.3, -0.25) is 20.1 Å². The number of nitro groups is 1. The molecule has 21 heavy (non-hydrogen) atoms. The molecular formula is C14H14ClN3O3. The molecule has 7 heteroatoms. The van der Waals surface area contributed by atoms with Gasteiger partial charge in [0.1, 0.15) is 12.4 Å². The minimum absolute atomic E-state index is 0.0826. The number of hydrogen-bond donors (Lipinski definition) is 0. The van der Waals surface area contributed by atoms with Crippen molar-refractivity contribution in [1.82, 2.24) is 9.97 Å². The fraction of sp³-hybridized carbons (Fsp3) is 0.286. The number of hydrogen-bond acceptors (Lipinski definition) is 5. The van der Waals surface area contributed by atoms with Crippen LogP contribution in [0.3, 0.4) is 0 Å². The van der Waals surface area contributed by atoms with E-state index < -0.39 is 4.92 Å². The van der Waals surface area contributed by atoms with Crippen LogP contribution in [0.1, 0.15) is 22.5 Å². The highest BCUT2D eigenvalue weighted by Gasteiger charge is 2.18. The third-order valence-electron chi connectivity index (χ3n) is 3.07. The first-order valence-electron chi connectivity index (χ1n) is 6.26. The van der Waals surface area contributed by atoms with E-state index in [9.17, 15) is 10.1 Å². The van der Waals surface area contributed by atoms with Gasteiger partial charge in [0.25, 0.3) is 5.69 Å². The monoisotopic (exact) mass is 307 g/mol. The Bertz CT molecular complexity index is 659. The fourth-order valence-corrected chi connectivity index (χ4v) is 2.08. The molecule has 110 valence electrons. The average Bonchev–Trinajstić information content (AvgIpc) is 2.46. The molecule has 0 fully saturated rings. The van der Waals surface area contributed by atoms with E-state index in [1.165, 1.54) is 6.20 Å². The molecule has 0 N–H and O–H groups in total. The summed E-state index contributed by atoms with van der Waals surface area (Å²) in [6.07, 6.45) is 3.05. The highest BCUT2D eigenvalue weighted by molar-refractivity contribution is 6.16. The van der Waals surface area contributed by atoms with Crippen LogP contribution in [0.4, 0.5) is 5.69 Å². The average molecular weight is 308 g/mol. The molecule has 0 aliphatic heterocycles. The van der Waals surface area contributed by atoms with Crippen LogP contribution < -0.4 is 4.74 Å². The minimum atomic E-state index is -0.396. The van der Waals surface area contributed by atoms with E-state index in [1.54, 1.807) is 32.2 Å². The van der Waals surface area contributed by atoms with Crippen LogP contribution >= 0.6 is 11.6 Å². The van der Waals surface area contributed by atoms with Gasteiger partial charge in [0.15, 0.2) is 0 Å². The molecular weight excluding hydrogens is 294 g/mol. The van der Waals surface area contributed by atoms with E-state index in [2.05, 4.69) is 9.97 Å². The lowest BCUT2D eigenvalue weighted by molar-refractivity contribution is -0.386. The molecule has 0 atom stereocenters. The van der Waals surface area contributed by atoms with Gasteiger partial charge < -0.3 is 4.74 Å². The molecule has 0 aliphatic rings. The summed E-state index contributed by atoms with van der Waals surface area (Å²) in [7, 11) is 0. The SMILES string of the molecule is Cc1cnc(COc2ccc(CCl)nc2)c(C)c1[N+](=O)[O-]. The summed E-state index contributed by atoms with van der Waals surface area (Å²) in [5, 5.41) is 11.1. The van der Waals surface area contributed by atoms with Gasteiger partial charge in [-0.05, 0) is 26.0 Å². The maximum Gasteiger partial charge on any atom is 0.278 e. The van der Waals surface area contributed by atoms with Crippen LogP contribution in [0.25, 0.3) is 0 Å². The standard InChI is InChI=1S/C14H14ClN3O3/c1-9-6-17-13(10(2)14(9)18(19)20)8-21-12-4-3-11(5-15)16-7-12/h3-4,6-7H,5,8H2,1-2H3. The molecule has 0 amide bonds. The van der Waals surface area contributed by atoms with Gasteiger partial charge in [0, 0.05) is 11.8 Å². The third-order valence-corrected chi connectivity index (χ3v) is 3.34. The molecule has 0 aromatic carbocycles. The lowest BCUT2D eigenvalue weighted by Gasteiger charge is -2.09. The molecule has 0 saturated carbocycles. The number of aryl methyl sites for hydroxylation is 1. The summed E-state index contributed by atoms with van der Waals surface area (Å²) in [6.45, 7) is 3.48. The van der Waals surface area contributed by atoms with Crippen LogP contribution in [-0.4, -0.2) is 14.9 Å². The predicted molar refractivity (Wildman–Crippen MR) is 78.5 cm³/mol. The van der Waals surface area contributed by atoms with Crippen molar-refractivity contribution in [2.24, 2.45) is 0 Å². The molecule has 0 bridgehead atoms. The lowest BCUT2D eigenvalue weighted by atomic mass is 10.1. The van der Waals surface area contributed by atoms with Crippen LogP contribution in [0.2, 0.25) is 0 Å². The third kappa shape index (κ3) is 3.46. The maximum absolute atomic E-state index is 11.1. The minimum Gasteiger partial charge on any atom is -0.486 e. The second-order valence-electron chi connectivity index (χ2n) is 4.53. The largest absolute Gasteiger partial charge is 0.486 e. The van der Waals surface area contributed by atoms with Crippen molar-refractivity contribution in [2.45, 2.75) is 26.3 Å². The summed E-state index contributed by atoms with van der Waals surface area (Å²) in [4.78, 5) is 19.0. The normalized spacial score (nSPS) is 10.4. The van der Waals surface area contributed by atoms with Crippen molar-refractivity contribution in [3.05, 3.63) is 57.2 Å². The van der Waals surface area contributed by atoms with E-state index in [1.807, 2.05) is 0 Å². The number of nitrogens with zero attached hydrogens (tertiary/aromatic N) is 3. The van der Waals surface area contributed by atoms with E-state index in [-0.39, 0.29) is 12.3 Å². The number of alkyl halides is 1. The Morgan fingerprint density at radius 2 is 2.05 bits per heavy atom. The summed E-state index contributed by atoms with van der Waals surface area (Å²) in [5.41, 5.74) is 2.43. The van der Waals surface area contributed by atoms with Gasteiger partial charge in [-0.2, -0.15) is 0 Å². The Kier molecular flexibility index (Phi) is 4.70. The predicted octanol–water partition coefficient (Wildman–Crippen LogP) is 3.32. The number of pyridine rings is 2. The Morgan fingerprint density at radius 3 is 2.62 bits per heavy atom. The molecule has 0 radical (unpaired) electrons. The molecule has 0 spiro atoms. The Balaban J connectivity index is 2.16. The van der Waals surface area contributed by atoms with E-state index in [0.29, 0.717) is 28.5 Å². The Hall–Kier alpha value is -2.21. The van der Waals surface area contributed by atoms with Crippen molar-refractivity contribution in [3.8, 4) is 5.75 Å². The Morgan fingerprint density at radius 1 is 1.29 bits per heavy atom. The first kappa shape index (κ1) is 15.2. The van der Waals surface area contributed by atoms with Crippen molar-refractivity contribution in [2.75, 3.05) is 0 Å². The fourth-order valence-electron chi connectivity index (χ4n) is 1.92. The van der Waals surface area contributed by atoms with Gasteiger partial charge in [0.05, 0.1) is 34.0 Å². The molecule has 2 aromatic rings. The number of halogens is 1. The number of rotatable bonds is 5. The smallest absolute Gasteiger partial charge is 0.278 e. The summed E-state index contributed by atoms with van der Waals surface area (Å²) < 4.78 is 5.56. The number of aromatic nitrogens is 2. The Labute approximate surface area is 126 Å². The summed E-state index contributed by atoms with van der Waals surface area (Å²) in [5.74, 6) is 0.902. The first-order chi connectivity index (χ1) is 10.0.